The highest BCUT2D eigenvalue weighted by molar-refractivity contribution is 9.10. The minimum absolute atomic E-state index is 0.189. The lowest BCUT2D eigenvalue weighted by Crippen LogP contribution is -2.12. The summed E-state index contributed by atoms with van der Waals surface area (Å²) < 4.78 is 22.8. The fourth-order valence-electron chi connectivity index (χ4n) is 1.22. The SMILES string of the molecule is COc1nonc1C(=S)Nc1ccc(F)c(Br)c1. The number of anilines is 1. The van der Waals surface area contributed by atoms with Gasteiger partial charge in [0.1, 0.15) is 10.8 Å². The van der Waals surface area contributed by atoms with Gasteiger partial charge < -0.3 is 10.1 Å². The third kappa shape index (κ3) is 2.65. The number of halogens is 2. The van der Waals surface area contributed by atoms with Crippen LogP contribution in [-0.4, -0.2) is 22.4 Å². The van der Waals surface area contributed by atoms with Gasteiger partial charge in [-0.25, -0.2) is 9.02 Å². The smallest absolute Gasteiger partial charge is 0.286 e. The fourth-order valence-corrected chi connectivity index (χ4v) is 1.84. The van der Waals surface area contributed by atoms with E-state index in [1.54, 1.807) is 12.1 Å². The molecule has 1 aromatic carbocycles. The van der Waals surface area contributed by atoms with Crippen LogP contribution in [0.3, 0.4) is 0 Å². The second kappa shape index (κ2) is 5.40. The van der Waals surface area contributed by atoms with Gasteiger partial charge in [-0.1, -0.05) is 12.2 Å². The van der Waals surface area contributed by atoms with Crippen LogP contribution in [0.15, 0.2) is 27.3 Å². The molecule has 0 spiro atoms. The van der Waals surface area contributed by atoms with E-state index in [9.17, 15) is 4.39 Å². The van der Waals surface area contributed by atoms with Crippen molar-refractivity contribution in [1.82, 2.24) is 10.3 Å². The minimum Gasteiger partial charge on any atom is -0.477 e. The van der Waals surface area contributed by atoms with Gasteiger partial charge in [-0.05, 0) is 44.4 Å². The summed E-state index contributed by atoms with van der Waals surface area (Å²) in [6.45, 7) is 0. The van der Waals surface area contributed by atoms with Gasteiger partial charge in [0.25, 0.3) is 5.88 Å². The topological polar surface area (TPSA) is 60.2 Å². The van der Waals surface area contributed by atoms with Crippen LogP contribution in [0.25, 0.3) is 0 Å². The average molecular weight is 332 g/mol. The fraction of sp³-hybridized carbons (Fsp3) is 0.100. The minimum atomic E-state index is -0.354. The summed E-state index contributed by atoms with van der Waals surface area (Å²) in [6, 6.07) is 4.42. The molecular weight excluding hydrogens is 325 g/mol. The van der Waals surface area contributed by atoms with E-state index >= 15 is 0 Å². The summed E-state index contributed by atoms with van der Waals surface area (Å²) in [5.74, 6) is -0.166. The van der Waals surface area contributed by atoms with Gasteiger partial charge in [0.15, 0.2) is 0 Å². The molecule has 0 aliphatic heterocycles. The molecular formula is C10H7BrFN3O2S. The molecule has 0 saturated carbocycles. The van der Waals surface area contributed by atoms with E-state index in [0.717, 1.165) is 0 Å². The summed E-state index contributed by atoms with van der Waals surface area (Å²) in [6.07, 6.45) is 0. The number of benzene rings is 1. The third-order valence-electron chi connectivity index (χ3n) is 2.04. The molecule has 0 aliphatic carbocycles. The van der Waals surface area contributed by atoms with Gasteiger partial charge in [0, 0.05) is 5.69 Å². The molecule has 1 heterocycles. The molecule has 0 aliphatic rings. The molecule has 0 unspecified atom stereocenters. The highest BCUT2D eigenvalue weighted by atomic mass is 79.9. The second-order valence-electron chi connectivity index (χ2n) is 3.21. The molecule has 18 heavy (non-hydrogen) atoms. The second-order valence-corrected chi connectivity index (χ2v) is 4.47. The van der Waals surface area contributed by atoms with Crippen molar-refractivity contribution >= 4 is 38.8 Å². The van der Waals surface area contributed by atoms with Gasteiger partial charge in [-0.3, -0.25) is 0 Å². The van der Waals surface area contributed by atoms with Crippen molar-refractivity contribution in [2.24, 2.45) is 0 Å². The van der Waals surface area contributed by atoms with Crippen LogP contribution in [-0.2, 0) is 0 Å². The van der Waals surface area contributed by atoms with Crippen molar-refractivity contribution in [1.29, 1.82) is 0 Å². The Morgan fingerprint density at radius 1 is 1.50 bits per heavy atom. The lowest BCUT2D eigenvalue weighted by atomic mass is 10.3. The van der Waals surface area contributed by atoms with Crippen LogP contribution in [0, 0.1) is 5.82 Å². The van der Waals surface area contributed by atoms with Crippen LogP contribution < -0.4 is 10.1 Å². The Kier molecular flexibility index (Phi) is 3.87. The number of thiocarbonyl (C=S) groups is 1. The van der Waals surface area contributed by atoms with Gasteiger partial charge in [0.05, 0.1) is 11.6 Å². The van der Waals surface area contributed by atoms with Crippen molar-refractivity contribution in [3.05, 3.63) is 34.2 Å². The Balaban J connectivity index is 2.19. The van der Waals surface area contributed by atoms with Gasteiger partial charge in [0.2, 0.25) is 5.69 Å². The zero-order valence-corrected chi connectivity index (χ0v) is 11.5. The predicted octanol–water partition coefficient (Wildman–Crippen LogP) is 2.77. The Bertz CT molecular complexity index is 590. The number of rotatable bonds is 3. The molecule has 0 atom stereocenters. The Labute approximate surface area is 115 Å². The molecule has 5 nitrogen and oxygen atoms in total. The lowest BCUT2D eigenvalue weighted by Gasteiger charge is -2.06. The highest BCUT2D eigenvalue weighted by Gasteiger charge is 2.15. The molecule has 0 fully saturated rings. The van der Waals surface area contributed by atoms with Crippen LogP contribution >= 0.6 is 28.1 Å². The molecule has 1 N–H and O–H groups in total. The van der Waals surface area contributed by atoms with Gasteiger partial charge >= 0.3 is 0 Å². The quantitative estimate of drug-likeness (QED) is 0.872. The molecule has 0 amide bonds. The summed E-state index contributed by atoms with van der Waals surface area (Å²) in [4.78, 5) is 0.270. The summed E-state index contributed by atoms with van der Waals surface area (Å²) >= 11 is 8.21. The highest BCUT2D eigenvalue weighted by Crippen LogP contribution is 2.21. The van der Waals surface area contributed by atoms with E-state index < -0.39 is 0 Å². The molecule has 0 radical (unpaired) electrons. The van der Waals surface area contributed by atoms with Crippen molar-refractivity contribution in [3.63, 3.8) is 0 Å². The maximum absolute atomic E-state index is 13.1. The first-order valence-electron chi connectivity index (χ1n) is 4.74. The van der Waals surface area contributed by atoms with E-state index in [0.29, 0.717) is 10.2 Å². The molecule has 0 bridgehead atoms. The van der Waals surface area contributed by atoms with Crippen molar-refractivity contribution in [2.45, 2.75) is 0 Å². The van der Waals surface area contributed by atoms with Crippen LogP contribution in [0.2, 0.25) is 0 Å². The number of methoxy groups -OCH3 is 1. The van der Waals surface area contributed by atoms with E-state index in [4.69, 9.17) is 17.0 Å². The first kappa shape index (κ1) is 12.9. The van der Waals surface area contributed by atoms with Gasteiger partial charge in [-0.15, -0.1) is 0 Å². The third-order valence-corrected chi connectivity index (χ3v) is 2.95. The maximum Gasteiger partial charge on any atom is 0.286 e. The van der Waals surface area contributed by atoms with E-state index in [1.807, 2.05) is 0 Å². The Morgan fingerprint density at radius 2 is 2.28 bits per heavy atom. The molecule has 2 aromatic rings. The zero-order chi connectivity index (χ0) is 13.1. The standard InChI is InChI=1S/C10H7BrFN3O2S/c1-16-9-8(14-17-15-9)10(18)13-5-2-3-7(12)6(11)4-5/h2-4H,1H3,(H,13,18). The monoisotopic (exact) mass is 331 g/mol. The number of hydrogen-bond donors (Lipinski definition) is 1. The van der Waals surface area contributed by atoms with Gasteiger partial charge in [-0.2, -0.15) is 0 Å². The van der Waals surface area contributed by atoms with E-state index in [-0.39, 0.29) is 22.4 Å². The number of aromatic nitrogens is 2. The molecule has 94 valence electrons. The first-order valence-corrected chi connectivity index (χ1v) is 5.95. The number of nitrogens with zero attached hydrogens (tertiary/aromatic N) is 2. The first-order chi connectivity index (χ1) is 8.61. The number of nitrogens with one attached hydrogen (secondary N) is 1. The summed E-state index contributed by atoms with van der Waals surface area (Å²) in [5, 5.41) is 10.0. The summed E-state index contributed by atoms with van der Waals surface area (Å²) in [7, 11) is 1.43. The average Bonchev–Trinajstić information content (AvgIpc) is 2.82. The van der Waals surface area contributed by atoms with Crippen LogP contribution in [0.4, 0.5) is 10.1 Å². The lowest BCUT2D eigenvalue weighted by molar-refractivity contribution is 0.281. The van der Waals surface area contributed by atoms with Crippen LogP contribution in [0.1, 0.15) is 5.69 Å². The molecule has 1 aromatic heterocycles. The van der Waals surface area contributed by atoms with Crippen molar-refractivity contribution in [3.8, 4) is 5.88 Å². The Morgan fingerprint density at radius 3 is 2.94 bits per heavy atom. The van der Waals surface area contributed by atoms with E-state index in [1.165, 1.54) is 13.2 Å². The molecule has 8 heteroatoms. The molecule has 0 saturated heterocycles. The zero-order valence-electron chi connectivity index (χ0n) is 9.11. The normalized spacial score (nSPS) is 10.2. The Hall–Kier alpha value is -1.54. The number of hydrogen-bond acceptors (Lipinski definition) is 5. The summed E-state index contributed by atoms with van der Waals surface area (Å²) in [5.41, 5.74) is 0.895. The van der Waals surface area contributed by atoms with Crippen LogP contribution in [0.5, 0.6) is 5.88 Å². The predicted molar refractivity (Wildman–Crippen MR) is 70.3 cm³/mol. The molecule has 2 rings (SSSR count). The van der Waals surface area contributed by atoms with Crippen molar-refractivity contribution < 1.29 is 13.8 Å². The van der Waals surface area contributed by atoms with E-state index in [2.05, 4.69) is 36.2 Å². The largest absolute Gasteiger partial charge is 0.477 e. The number of ether oxygens (including phenoxy) is 1. The van der Waals surface area contributed by atoms with Crippen molar-refractivity contribution in [2.75, 3.05) is 12.4 Å². The maximum atomic E-state index is 13.1.